The van der Waals surface area contributed by atoms with E-state index in [0.717, 1.165) is 34.4 Å². The molecule has 180 valence electrons. The fourth-order valence-electron chi connectivity index (χ4n) is 4.59. The highest BCUT2D eigenvalue weighted by Crippen LogP contribution is 2.32. The molecule has 1 atom stereocenters. The van der Waals surface area contributed by atoms with Crippen LogP contribution in [0.4, 0.5) is 0 Å². The van der Waals surface area contributed by atoms with Gasteiger partial charge in [0.1, 0.15) is 11.8 Å². The summed E-state index contributed by atoms with van der Waals surface area (Å²) in [5.41, 5.74) is 2.67. The van der Waals surface area contributed by atoms with Crippen molar-refractivity contribution in [2.45, 2.75) is 38.1 Å². The number of fused-ring (bicyclic) bond motifs is 1. The van der Waals surface area contributed by atoms with Gasteiger partial charge in [-0.25, -0.2) is 0 Å². The van der Waals surface area contributed by atoms with E-state index in [1.165, 1.54) is 43.9 Å². The zero-order valence-electron chi connectivity index (χ0n) is 19.5. The number of nitrogens with zero attached hydrogens (tertiary/aromatic N) is 2. The van der Waals surface area contributed by atoms with Gasteiger partial charge in [0.25, 0.3) is 5.91 Å². The third-order valence-corrected chi connectivity index (χ3v) is 7.43. The van der Waals surface area contributed by atoms with E-state index in [4.69, 9.17) is 4.74 Å². The number of aliphatic imine (C=N–C) groups is 1. The number of amides is 1. The van der Waals surface area contributed by atoms with Gasteiger partial charge in [-0.15, -0.1) is 0 Å². The van der Waals surface area contributed by atoms with Gasteiger partial charge in [-0.2, -0.15) is 0 Å². The number of carbonyl (C=O) groups excluding carboxylic acids is 1. The van der Waals surface area contributed by atoms with E-state index >= 15 is 0 Å². The number of thioether (sulfide) groups is 1. The van der Waals surface area contributed by atoms with Crippen LogP contribution in [0.3, 0.4) is 0 Å². The van der Waals surface area contributed by atoms with Crippen molar-refractivity contribution in [3.63, 3.8) is 0 Å². The first kappa shape index (κ1) is 23.6. The maximum Gasteiger partial charge on any atom is 0.264 e. The maximum atomic E-state index is 12.6. The molecular weight excluding hydrogens is 458 g/mol. The molecule has 2 aliphatic rings. The molecule has 2 aromatic carbocycles. The largest absolute Gasteiger partial charge is 0.493 e. The molecule has 1 amide bonds. The highest BCUT2D eigenvalue weighted by atomic mass is 32.2. The molecule has 7 heteroatoms. The van der Waals surface area contributed by atoms with Crippen molar-refractivity contribution >= 4 is 39.8 Å². The second-order valence-corrected chi connectivity index (χ2v) is 10.0. The smallest absolute Gasteiger partial charge is 0.264 e. The molecule has 1 saturated heterocycles. The van der Waals surface area contributed by atoms with Crippen LogP contribution in [-0.4, -0.2) is 34.4 Å². The van der Waals surface area contributed by atoms with Gasteiger partial charge >= 0.3 is 0 Å². The van der Waals surface area contributed by atoms with Crippen molar-refractivity contribution in [1.82, 2.24) is 10.3 Å². The lowest BCUT2D eigenvalue weighted by Gasteiger charge is -2.22. The number of nitrogens with one attached hydrogen (secondary N) is 1. The fourth-order valence-corrected chi connectivity index (χ4v) is 5.46. The predicted octanol–water partition coefficient (Wildman–Crippen LogP) is 5.49. The number of carbonyl (C=O) groups is 1. The monoisotopic (exact) mass is 487 g/mol. The van der Waals surface area contributed by atoms with Crippen molar-refractivity contribution in [3.05, 3.63) is 76.8 Å². The Balaban J connectivity index is 1.34. The molecule has 0 radical (unpaired) electrons. The van der Waals surface area contributed by atoms with Gasteiger partial charge in [0.15, 0.2) is 5.17 Å². The summed E-state index contributed by atoms with van der Waals surface area (Å²) >= 11 is 1.28. The van der Waals surface area contributed by atoms with E-state index in [1.807, 2.05) is 60.7 Å². The molecule has 0 bridgehead atoms. The number of hydrogen-bond acceptors (Lipinski definition) is 6. The molecule has 2 N–H and O–H groups in total. The van der Waals surface area contributed by atoms with E-state index in [0.29, 0.717) is 16.0 Å². The van der Waals surface area contributed by atoms with Crippen LogP contribution >= 0.6 is 11.8 Å². The Kier molecular flexibility index (Phi) is 7.45. The summed E-state index contributed by atoms with van der Waals surface area (Å²) < 4.78 is 6.23. The van der Waals surface area contributed by atoms with Crippen LogP contribution in [0.2, 0.25) is 0 Å². The van der Waals surface area contributed by atoms with Crippen molar-refractivity contribution in [3.8, 4) is 5.75 Å². The number of aliphatic hydroxyl groups excluding tert-OH is 1. The Bertz CT molecular complexity index is 1250. The number of pyridine rings is 1. The molecule has 2 heterocycles. The Labute approximate surface area is 209 Å². The molecule has 1 aromatic heterocycles. The molecule has 2 fully saturated rings. The number of rotatable bonds is 7. The lowest BCUT2D eigenvalue weighted by atomic mass is 9.90. The van der Waals surface area contributed by atoms with Crippen LogP contribution in [0.1, 0.15) is 49.3 Å². The lowest BCUT2D eigenvalue weighted by Crippen LogP contribution is -2.21. The molecule has 5 rings (SSSR count). The molecule has 35 heavy (non-hydrogen) atoms. The minimum absolute atomic E-state index is 0.135. The van der Waals surface area contributed by atoms with Crippen LogP contribution < -0.4 is 10.1 Å². The van der Waals surface area contributed by atoms with Gasteiger partial charge in [-0.1, -0.05) is 55.7 Å². The first-order valence-corrected chi connectivity index (χ1v) is 13.0. The van der Waals surface area contributed by atoms with E-state index in [-0.39, 0.29) is 12.5 Å². The van der Waals surface area contributed by atoms with Gasteiger partial charge in [-0.3, -0.25) is 14.8 Å². The summed E-state index contributed by atoms with van der Waals surface area (Å²) in [6, 6.07) is 17.0. The average Bonchev–Trinajstić information content (AvgIpc) is 3.25. The third-order valence-electron chi connectivity index (χ3n) is 6.50. The summed E-state index contributed by atoms with van der Waals surface area (Å²) in [5.74, 6) is 1.26. The molecule has 1 saturated carbocycles. The van der Waals surface area contributed by atoms with Crippen molar-refractivity contribution in [2.24, 2.45) is 10.9 Å². The van der Waals surface area contributed by atoms with Crippen LogP contribution in [0.25, 0.3) is 17.0 Å². The zero-order chi connectivity index (χ0) is 24.0. The molecule has 6 nitrogen and oxygen atoms in total. The summed E-state index contributed by atoms with van der Waals surface area (Å²) in [6.45, 7) is 0.597. The Hall–Kier alpha value is -3.16. The number of benzene rings is 2. The van der Waals surface area contributed by atoms with Gasteiger partial charge in [-0.05, 0) is 65.9 Å². The summed E-state index contributed by atoms with van der Waals surface area (Å²) in [7, 11) is 0. The van der Waals surface area contributed by atoms with Gasteiger partial charge < -0.3 is 15.2 Å². The van der Waals surface area contributed by atoms with E-state index < -0.39 is 6.04 Å². The summed E-state index contributed by atoms with van der Waals surface area (Å²) in [6.07, 6.45) is 10.0. The van der Waals surface area contributed by atoms with Crippen LogP contribution in [-0.2, 0) is 4.79 Å². The number of amidine groups is 1. The minimum Gasteiger partial charge on any atom is -0.493 e. The van der Waals surface area contributed by atoms with Crippen LogP contribution in [0.15, 0.2) is 70.7 Å². The quantitative estimate of drug-likeness (QED) is 0.431. The van der Waals surface area contributed by atoms with E-state index in [9.17, 15) is 9.90 Å². The zero-order valence-corrected chi connectivity index (χ0v) is 20.3. The first-order chi connectivity index (χ1) is 17.2. The third kappa shape index (κ3) is 5.74. The lowest BCUT2D eigenvalue weighted by molar-refractivity contribution is -0.115. The van der Waals surface area contributed by atoms with Crippen molar-refractivity contribution < 1.29 is 14.6 Å². The van der Waals surface area contributed by atoms with Gasteiger partial charge in [0, 0.05) is 11.6 Å². The average molecular weight is 488 g/mol. The molecule has 0 unspecified atom stereocenters. The fraction of sp³-hybridized carbons (Fsp3) is 0.321. The summed E-state index contributed by atoms with van der Waals surface area (Å²) in [5, 5.41) is 14.1. The molecule has 0 spiro atoms. The second-order valence-electron chi connectivity index (χ2n) is 9.01. The number of aliphatic hydroxyl groups is 1. The highest BCUT2D eigenvalue weighted by molar-refractivity contribution is 8.18. The standard InChI is InChI=1S/C28H29N3O3S/c32-17-24(21-9-5-2-6-10-21)30-28-31-27(33)26(35-28)16-20-11-12-23-22(15-20)25(13-14-29-23)34-18-19-7-3-1-4-8-19/h2,5-6,9-16,19,24,32H,1,3-4,7-8,17-18H2,(H,30,31,33)/t24-/m0/s1. The first-order valence-electron chi connectivity index (χ1n) is 12.2. The van der Waals surface area contributed by atoms with Crippen LogP contribution in [0.5, 0.6) is 5.75 Å². The summed E-state index contributed by atoms with van der Waals surface area (Å²) in [4.78, 5) is 22.2. The van der Waals surface area contributed by atoms with Gasteiger partial charge in [0.05, 0.1) is 23.6 Å². The highest BCUT2D eigenvalue weighted by Gasteiger charge is 2.25. The number of hydrogen-bond donors (Lipinski definition) is 2. The SMILES string of the molecule is O=C1NC(=N[C@@H](CO)c2ccccc2)SC1=Cc1ccc2nccc(OCC3CCCCC3)c2c1. The Morgan fingerprint density at radius 2 is 1.97 bits per heavy atom. The second kappa shape index (κ2) is 11.1. The topological polar surface area (TPSA) is 83.8 Å². The normalized spacial score (nSPS) is 19.9. The van der Waals surface area contributed by atoms with Gasteiger partial charge in [0.2, 0.25) is 0 Å². The minimum atomic E-state index is -0.422. The van der Waals surface area contributed by atoms with Crippen molar-refractivity contribution in [1.29, 1.82) is 0 Å². The number of ether oxygens (including phenoxy) is 1. The van der Waals surface area contributed by atoms with Crippen molar-refractivity contribution in [2.75, 3.05) is 13.2 Å². The van der Waals surface area contributed by atoms with Crippen LogP contribution in [0, 0.1) is 5.92 Å². The molecule has 1 aliphatic heterocycles. The maximum absolute atomic E-state index is 12.6. The molecule has 1 aliphatic carbocycles. The molecule has 3 aromatic rings. The molecular formula is C28H29N3O3S. The van der Waals surface area contributed by atoms with E-state index in [1.54, 1.807) is 6.20 Å². The van der Waals surface area contributed by atoms with E-state index in [2.05, 4.69) is 15.3 Å². The Morgan fingerprint density at radius 1 is 1.14 bits per heavy atom. The number of aromatic nitrogens is 1. The Morgan fingerprint density at radius 3 is 2.77 bits per heavy atom. The predicted molar refractivity (Wildman–Crippen MR) is 141 cm³/mol.